The molecule has 3 N–H and O–H groups in total. The number of nitrogens with two attached hydrogens (primary N) is 1. The summed E-state index contributed by atoms with van der Waals surface area (Å²) in [6.07, 6.45) is -1.24. The van der Waals surface area contributed by atoms with E-state index in [-0.39, 0.29) is 5.69 Å². The molecule has 0 aromatic heterocycles. The van der Waals surface area contributed by atoms with Gasteiger partial charge in [0, 0.05) is 23.5 Å². The standard InChI is InChI=1S/C15H15N3O4/c1-10(22-15(16)19)11-2-4-12(5-3-11)17-13-6-8-14(9-7-13)18(20)21/h2-10,17H,1H3,(H2,16,19). The van der Waals surface area contributed by atoms with E-state index in [1.54, 1.807) is 31.2 Å². The number of hydrogen-bond acceptors (Lipinski definition) is 5. The maximum absolute atomic E-state index is 10.7. The maximum Gasteiger partial charge on any atom is 0.405 e. The van der Waals surface area contributed by atoms with Crippen molar-refractivity contribution in [3.05, 3.63) is 64.2 Å². The SMILES string of the molecule is CC(OC(N)=O)c1ccc(Nc2ccc([N+](=O)[O-])cc2)cc1. The minimum Gasteiger partial charge on any atom is -0.442 e. The predicted octanol–water partition coefficient (Wildman–Crippen LogP) is 3.49. The molecule has 0 heterocycles. The molecule has 0 saturated heterocycles. The number of benzene rings is 2. The molecule has 0 saturated carbocycles. The smallest absolute Gasteiger partial charge is 0.405 e. The van der Waals surface area contributed by atoms with Gasteiger partial charge in [-0.05, 0) is 36.8 Å². The van der Waals surface area contributed by atoms with Gasteiger partial charge in [0.05, 0.1) is 4.92 Å². The Kier molecular flexibility index (Phi) is 4.57. The number of hydrogen-bond donors (Lipinski definition) is 2. The molecule has 0 aliphatic carbocycles. The van der Waals surface area contributed by atoms with E-state index in [1.165, 1.54) is 12.1 Å². The Morgan fingerprint density at radius 3 is 2.09 bits per heavy atom. The second-order valence-corrected chi connectivity index (χ2v) is 4.63. The number of rotatable bonds is 5. The zero-order valence-corrected chi connectivity index (χ0v) is 11.9. The molecule has 2 aromatic rings. The first-order valence-electron chi connectivity index (χ1n) is 6.53. The lowest BCUT2D eigenvalue weighted by molar-refractivity contribution is -0.384. The number of non-ortho nitro benzene ring substituents is 1. The highest BCUT2D eigenvalue weighted by Crippen LogP contribution is 2.23. The van der Waals surface area contributed by atoms with Crippen molar-refractivity contribution in [2.75, 3.05) is 5.32 Å². The number of nitro benzene ring substituents is 1. The van der Waals surface area contributed by atoms with Crippen LogP contribution in [0, 0.1) is 10.1 Å². The lowest BCUT2D eigenvalue weighted by Gasteiger charge is -2.12. The van der Waals surface area contributed by atoms with Gasteiger partial charge in [-0.25, -0.2) is 4.79 Å². The Bertz CT molecular complexity index is 668. The van der Waals surface area contributed by atoms with Gasteiger partial charge in [-0.15, -0.1) is 0 Å². The molecule has 1 unspecified atom stereocenters. The summed E-state index contributed by atoms with van der Waals surface area (Å²) >= 11 is 0. The third-order valence-corrected chi connectivity index (χ3v) is 3.04. The monoisotopic (exact) mass is 301 g/mol. The Hall–Kier alpha value is -3.09. The number of nitrogens with zero attached hydrogens (tertiary/aromatic N) is 1. The number of amides is 1. The van der Waals surface area contributed by atoms with Crippen LogP contribution in [0.3, 0.4) is 0 Å². The van der Waals surface area contributed by atoms with Gasteiger partial charge >= 0.3 is 6.09 Å². The van der Waals surface area contributed by atoms with Crippen LogP contribution in [0.5, 0.6) is 0 Å². The number of anilines is 2. The van der Waals surface area contributed by atoms with Gasteiger partial charge in [0.15, 0.2) is 0 Å². The third kappa shape index (κ3) is 3.95. The zero-order valence-electron chi connectivity index (χ0n) is 11.9. The topological polar surface area (TPSA) is 107 Å². The highest BCUT2D eigenvalue weighted by molar-refractivity contribution is 5.65. The Morgan fingerprint density at radius 1 is 1.14 bits per heavy atom. The average Bonchev–Trinajstić information content (AvgIpc) is 2.48. The number of ether oxygens (including phenoxy) is 1. The van der Waals surface area contributed by atoms with Crippen LogP contribution in [0.2, 0.25) is 0 Å². The number of carbonyl (C=O) groups excluding carboxylic acids is 1. The fraction of sp³-hybridized carbons (Fsp3) is 0.133. The van der Waals surface area contributed by atoms with E-state index in [4.69, 9.17) is 10.5 Å². The summed E-state index contributed by atoms with van der Waals surface area (Å²) < 4.78 is 4.88. The Balaban J connectivity index is 2.04. The molecule has 0 bridgehead atoms. The first kappa shape index (κ1) is 15.3. The van der Waals surface area contributed by atoms with Gasteiger partial charge in [-0.2, -0.15) is 0 Å². The number of primary amides is 1. The molecule has 0 fully saturated rings. The molecule has 0 aliphatic rings. The van der Waals surface area contributed by atoms with Gasteiger partial charge < -0.3 is 15.8 Å². The van der Waals surface area contributed by atoms with Gasteiger partial charge in [0.2, 0.25) is 0 Å². The van der Waals surface area contributed by atoms with Crippen LogP contribution in [-0.4, -0.2) is 11.0 Å². The molecule has 114 valence electrons. The molecule has 7 heteroatoms. The second-order valence-electron chi connectivity index (χ2n) is 4.63. The highest BCUT2D eigenvalue weighted by Gasteiger charge is 2.09. The van der Waals surface area contributed by atoms with Crippen LogP contribution in [0.15, 0.2) is 48.5 Å². The van der Waals surface area contributed by atoms with Crippen LogP contribution in [0.1, 0.15) is 18.6 Å². The fourth-order valence-electron chi connectivity index (χ4n) is 1.91. The van der Waals surface area contributed by atoms with Gasteiger partial charge in [0.1, 0.15) is 6.10 Å². The van der Waals surface area contributed by atoms with Crippen molar-refractivity contribution in [1.82, 2.24) is 0 Å². The van der Waals surface area contributed by atoms with Gasteiger partial charge in [-0.3, -0.25) is 10.1 Å². The Labute approximate surface area is 126 Å². The van der Waals surface area contributed by atoms with Gasteiger partial charge in [0.25, 0.3) is 5.69 Å². The van der Waals surface area contributed by atoms with Crippen molar-refractivity contribution >= 4 is 23.2 Å². The summed E-state index contributed by atoms with van der Waals surface area (Å²) in [5, 5.41) is 13.7. The van der Waals surface area contributed by atoms with E-state index in [0.29, 0.717) is 0 Å². The van der Waals surface area contributed by atoms with Crippen molar-refractivity contribution in [1.29, 1.82) is 0 Å². The predicted molar refractivity (Wildman–Crippen MR) is 81.9 cm³/mol. The minimum absolute atomic E-state index is 0.0401. The first-order chi connectivity index (χ1) is 10.5. The van der Waals surface area contributed by atoms with Crippen LogP contribution in [0.25, 0.3) is 0 Å². The van der Waals surface area contributed by atoms with E-state index < -0.39 is 17.1 Å². The van der Waals surface area contributed by atoms with Crippen molar-refractivity contribution in [2.45, 2.75) is 13.0 Å². The summed E-state index contributed by atoms with van der Waals surface area (Å²) in [4.78, 5) is 20.8. The lowest BCUT2D eigenvalue weighted by Crippen LogP contribution is -2.15. The van der Waals surface area contributed by atoms with E-state index in [1.807, 2.05) is 12.1 Å². The zero-order chi connectivity index (χ0) is 16.1. The minimum atomic E-state index is -0.819. The van der Waals surface area contributed by atoms with Crippen molar-refractivity contribution < 1.29 is 14.5 Å². The van der Waals surface area contributed by atoms with Crippen LogP contribution in [-0.2, 0) is 4.74 Å². The summed E-state index contributed by atoms with van der Waals surface area (Å²) in [7, 11) is 0. The van der Waals surface area contributed by atoms with Crippen LogP contribution < -0.4 is 11.1 Å². The molecule has 2 rings (SSSR count). The van der Waals surface area contributed by atoms with E-state index in [0.717, 1.165) is 16.9 Å². The molecular weight excluding hydrogens is 286 g/mol. The van der Waals surface area contributed by atoms with Crippen LogP contribution >= 0.6 is 0 Å². The molecule has 22 heavy (non-hydrogen) atoms. The van der Waals surface area contributed by atoms with Crippen LogP contribution in [0.4, 0.5) is 21.9 Å². The first-order valence-corrected chi connectivity index (χ1v) is 6.53. The second kappa shape index (κ2) is 6.57. The number of nitro groups is 1. The fourth-order valence-corrected chi connectivity index (χ4v) is 1.91. The number of nitrogens with one attached hydrogen (secondary N) is 1. The van der Waals surface area contributed by atoms with E-state index in [2.05, 4.69) is 5.32 Å². The normalized spacial score (nSPS) is 11.5. The lowest BCUT2D eigenvalue weighted by atomic mass is 10.1. The quantitative estimate of drug-likeness (QED) is 0.649. The van der Waals surface area contributed by atoms with E-state index in [9.17, 15) is 14.9 Å². The molecule has 0 spiro atoms. The molecule has 1 amide bonds. The van der Waals surface area contributed by atoms with Crippen molar-refractivity contribution in [2.24, 2.45) is 5.73 Å². The Morgan fingerprint density at radius 2 is 1.64 bits per heavy atom. The maximum atomic E-state index is 10.7. The third-order valence-electron chi connectivity index (χ3n) is 3.04. The van der Waals surface area contributed by atoms with E-state index >= 15 is 0 Å². The summed E-state index contributed by atoms with van der Waals surface area (Å²) in [5.41, 5.74) is 7.37. The average molecular weight is 301 g/mol. The number of carbonyl (C=O) groups is 1. The largest absolute Gasteiger partial charge is 0.442 e. The molecule has 2 aromatic carbocycles. The summed E-state index contributed by atoms with van der Waals surface area (Å²) in [6.45, 7) is 1.73. The highest BCUT2D eigenvalue weighted by atomic mass is 16.6. The molecule has 7 nitrogen and oxygen atoms in total. The van der Waals surface area contributed by atoms with Crippen molar-refractivity contribution in [3.8, 4) is 0 Å². The summed E-state index contributed by atoms with van der Waals surface area (Å²) in [6, 6.07) is 13.4. The molecular formula is C15H15N3O4. The molecule has 0 radical (unpaired) electrons. The van der Waals surface area contributed by atoms with Gasteiger partial charge in [-0.1, -0.05) is 12.1 Å². The molecule has 1 atom stereocenters. The summed E-state index contributed by atoms with van der Waals surface area (Å²) in [5.74, 6) is 0. The van der Waals surface area contributed by atoms with Crippen molar-refractivity contribution in [3.63, 3.8) is 0 Å². The molecule has 0 aliphatic heterocycles.